The lowest BCUT2D eigenvalue weighted by atomic mass is 10.4. The molecule has 0 aromatic carbocycles. The molecule has 0 fully saturated rings. The Labute approximate surface area is 82.2 Å². The third-order valence-electron chi connectivity index (χ3n) is 2.20. The maximum Gasteiger partial charge on any atom is 0.122 e. The highest BCUT2D eigenvalue weighted by Gasteiger charge is 2.03. The van der Waals surface area contributed by atoms with Gasteiger partial charge in [-0.15, -0.1) is 0 Å². The first kappa shape index (κ1) is 8.80. The van der Waals surface area contributed by atoms with Crippen LogP contribution < -0.4 is 5.73 Å². The zero-order valence-electron chi connectivity index (χ0n) is 8.09. The number of aromatic nitrogens is 4. The third-order valence-corrected chi connectivity index (χ3v) is 2.20. The molecule has 0 saturated heterocycles. The van der Waals surface area contributed by atoms with Crippen LogP contribution >= 0.6 is 0 Å². The number of aryl methyl sites for hydroxylation is 1. The van der Waals surface area contributed by atoms with Gasteiger partial charge in [0.25, 0.3) is 0 Å². The Bertz CT molecular complexity index is 414. The average molecular weight is 191 g/mol. The van der Waals surface area contributed by atoms with Gasteiger partial charge < -0.3 is 10.3 Å². The van der Waals surface area contributed by atoms with E-state index in [1.807, 2.05) is 12.5 Å². The largest absolute Gasteiger partial charge is 0.384 e. The number of hydrogen-bond acceptors (Lipinski definition) is 3. The highest BCUT2D eigenvalue weighted by molar-refractivity contribution is 5.26. The van der Waals surface area contributed by atoms with Crippen LogP contribution in [-0.4, -0.2) is 19.3 Å². The smallest absolute Gasteiger partial charge is 0.122 e. The van der Waals surface area contributed by atoms with Crippen molar-refractivity contribution in [3.05, 3.63) is 30.5 Å². The number of rotatable bonds is 3. The minimum atomic E-state index is 0.673. The zero-order chi connectivity index (χ0) is 9.97. The summed E-state index contributed by atoms with van der Waals surface area (Å²) in [6.45, 7) is 3.67. The first-order valence-corrected chi connectivity index (χ1v) is 4.57. The molecule has 0 atom stereocenters. The second kappa shape index (κ2) is 3.53. The summed E-state index contributed by atoms with van der Waals surface area (Å²) < 4.78 is 3.82. The first-order chi connectivity index (χ1) is 6.81. The molecule has 0 unspecified atom stereocenters. The van der Waals surface area contributed by atoms with E-state index in [0.717, 1.165) is 12.2 Å². The lowest BCUT2D eigenvalue weighted by molar-refractivity contribution is 0.628. The van der Waals surface area contributed by atoms with Gasteiger partial charge in [0.05, 0.1) is 31.0 Å². The van der Waals surface area contributed by atoms with Crippen molar-refractivity contribution in [2.45, 2.75) is 20.0 Å². The van der Waals surface area contributed by atoms with Crippen LogP contribution in [0.1, 0.15) is 12.6 Å². The van der Waals surface area contributed by atoms with Gasteiger partial charge in [-0.2, -0.15) is 5.10 Å². The Hall–Kier alpha value is -1.78. The Morgan fingerprint density at radius 1 is 1.50 bits per heavy atom. The van der Waals surface area contributed by atoms with Gasteiger partial charge in [-0.3, -0.25) is 0 Å². The quantitative estimate of drug-likeness (QED) is 0.778. The summed E-state index contributed by atoms with van der Waals surface area (Å²) in [6.07, 6.45) is 5.35. The molecule has 2 aromatic rings. The summed E-state index contributed by atoms with van der Waals surface area (Å²) >= 11 is 0. The molecule has 0 aliphatic rings. The van der Waals surface area contributed by atoms with E-state index in [4.69, 9.17) is 5.73 Å². The molecule has 0 spiro atoms. The van der Waals surface area contributed by atoms with Gasteiger partial charge in [-0.05, 0) is 13.0 Å². The molecule has 5 nitrogen and oxygen atoms in total. The van der Waals surface area contributed by atoms with Crippen molar-refractivity contribution in [3.8, 4) is 0 Å². The predicted octanol–water partition coefficient (Wildman–Crippen LogP) is 0.730. The molecule has 14 heavy (non-hydrogen) atoms. The summed E-state index contributed by atoms with van der Waals surface area (Å²) in [5, 5.41) is 4.12. The molecule has 0 bridgehead atoms. The van der Waals surface area contributed by atoms with Crippen LogP contribution in [0.3, 0.4) is 0 Å². The van der Waals surface area contributed by atoms with E-state index in [9.17, 15) is 0 Å². The summed E-state index contributed by atoms with van der Waals surface area (Å²) in [5.74, 6) is 0.675. The van der Waals surface area contributed by atoms with Gasteiger partial charge in [0.1, 0.15) is 5.82 Å². The van der Waals surface area contributed by atoms with E-state index in [1.54, 1.807) is 16.9 Å². The number of anilines is 1. The van der Waals surface area contributed by atoms with E-state index < -0.39 is 0 Å². The van der Waals surface area contributed by atoms with Gasteiger partial charge in [-0.1, -0.05) is 0 Å². The normalized spacial score (nSPS) is 10.6. The minimum Gasteiger partial charge on any atom is -0.384 e. The van der Waals surface area contributed by atoms with E-state index in [2.05, 4.69) is 21.6 Å². The summed E-state index contributed by atoms with van der Waals surface area (Å²) in [5.41, 5.74) is 6.83. The van der Waals surface area contributed by atoms with Crippen molar-refractivity contribution in [1.29, 1.82) is 0 Å². The fourth-order valence-electron chi connectivity index (χ4n) is 1.39. The highest BCUT2D eigenvalue weighted by Crippen LogP contribution is 2.06. The molecule has 74 valence electrons. The third kappa shape index (κ3) is 1.48. The molecule has 0 aliphatic heterocycles. The van der Waals surface area contributed by atoms with Crippen LogP contribution in [0.4, 0.5) is 5.82 Å². The van der Waals surface area contributed by atoms with Gasteiger partial charge in [0, 0.05) is 6.54 Å². The monoisotopic (exact) mass is 191 g/mol. The van der Waals surface area contributed by atoms with Crippen molar-refractivity contribution < 1.29 is 0 Å². The average Bonchev–Trinajstić information content (AvgIpc) is 2.77. The number of imidazole rings is 1. The van der Waals surface area contributed by atoms with Gasteiger partial charge in [0.2, 0.25) is 0 Å². The first-order valence-electron chi connectivity index (χ1n) is 4.57. The topological polar surface area (TPSA) is 61.7 Å². The van der Waals surface area contributed by atoms with Crippen LogP contribution in [-0.2, 0) is 13.1 Å². The summed E-state index contributed by atoms with van der Waals surface area (Å²) in [6, 6.07) is 1.78. The van der Waals surface area contributed by atoms with Crippen LogP contribution in [0.15, 0.2) is 24.8 Å². The fourth-order valence-corrected chi connectivity index (χ4v) is 1.39. The molecular formula is C9H13N5. The second-order valence-corrected chi connectivity index (χ2v) is 3.08. The number of hydrogen-bond donors (Lipinski definition) is 1. The zero-order valence-corrected chi connectivity index (χ0v) is 8.09. The van der Waals surface area contributed by atoms with E-state index in [0.29, 0.717) is 12.4 Å². The van der Waals surface area contributed by atoms with Crippen molar-refractivity contribution in [3.63, 3.8) is 0 Å². The number of nitrogen functional groups attached to an aromatic ring is 1. The molecule has 5 heteroatoms. The SMILES string of the molecule is CCn1cncc1Cn1nccc1N. The Morgan fingerprint density at radius 3 is 3.00 bits per heavy atom. The Morgan fingerprint density at radius 2 is 2.36 bits per heavy atom. The van der Waals surface area contributed by atoms with E-state index >= 15 is 0 Å². The fraction of sp³-hybridized carbons (Fsp3) is 0.333. The minimum absolute atomic E-state index is 0.673. The number of nitrogens with two attached hydrogens (primary N) is 1. The molecule has 2 N–H and O–H groups in total. The molecule has 2 aromatic heterocycles. The van der Waals surface area contributed by atoms with Crippen molar-refractivity contribution in [2.75, 3.05) is 5.73 Å². The van der Waals surface area contributed by atoms with Gasteiger partial charge >= 0.3 is 0 Å². The Kier molecular flexibility index (Phi) is 2.22. The van der Waals surface area contributed by atoms with Crippen LogP contribution in [0.2, 0.25) is 0 Å². The van der Waals surface area contributed by atoms with Crippen molar-refractivity contribution in [2.24, 2.45) is 0 Å². The molecule has 2 heterocycles. The van der Waals surface area contributed by atoms with Crippen LogP contribution in [0.5, 0.6) is 0 Å². The summed E-state index contributed by atoms with van der Waals surface area (Å²) in [4.78, 5) is 4.08. The molecule has 0 saturated carbocycles. The predicted molar refractivity (Wildman–Crippen MR) is 53.6 cm³/mol. The lowest BCUT2D eigenvalue weighted by Gasteiger charge is -2.06. The van der Waals surface area contributed by atoms with Gasteiger partial charge in [-0.25, -0.2) is 9.67 Å². The molecular weight excluding hydrogens is 178 g/mol. The van der Waals surface area contributed by atoms with Crippen LogP contribution in [0, 0.1) is 0 Å². The van der Waals surface area contributed by atoms with Crippen LogP contribution in [0.25, 0.3) is 0 Å². The standard InChI is InChI=1S/C9H13N5/c1-2-13-7-11-5-8(13)6-14-9(10)3-4-12-14/h3-5,7H,2,6,10H2,1H3. The molecule has 0 amide bonds. The Balaban J connectivity index is 2.22. The summed E-state index contributed by atoms with van der Waals surface area (Å²) in [7, 11) is 0. The maximum atomic E-state index is 5.72. The van der Waals surface area contributed by atoms with E-state index in [1.165, 1.54) is 0 Å². The number of nitrogens with zero attached hydrogens (tertiary/aromatic N) is 4. The van der Waals surface area contributed by atoms with Gasteiger partial charge in [0.15, 0.2) is 0 Å². The molecule has 2 rings (SSSR count). The van der Waals surface area contributed by atoms with Crippen molar-refractivity contribution >= 4 is 5.82 Å². The highest BCUT2D eigenvalue weighted by atomic mass is 15.3. The molecule has 0 aliphatic carbocycles. The van der Waals surface area contributed by atoms with E-state index in [-0.39, 0.29) is 0 Å². The lowest BCUT2D eigenvalue weighted by Crippen LogP contribution is -2.09. The second-order valence-electron chi connectivity index (χ2n) is 3.08. The molecule has 0 radical (unpaired) electrons. The maximum absolute atomic E-state index is 5.72. The van der Waals surface area contributed by atoms with Crippen molar-refractivity contribution in [1.82, 2.24) is 19.3 Å².